The highest BCUT2D eigenvalue weighted by atomic mass is 16.3. The molecule has 2 N–H and O–H groups in total. The molecular weight excluding hydrogens is 344 g/mol. The number of aliphatic hydroxyl groups is 1. The second-order valence-corrected chi connectivity index (χ2v) is 8.59. The van der Waals surface area contributed by atoms with E-state index in [-0.39, 0.29) is 6.61 Å². The van der Waals surface area contributed by atoms with E-state index in [4.69, 9.17) is 0 Å². The summed E-state index contributed by atoms with van der Waals surface area (Å²) in [5.74, 6) is 0. The summed E-state index contributed by atoms with van der Waals surface area (Å²) >= 11 is 0. The SMILES string of the molecule is CCCCCCCCCCCCC/C=C/CCCC1NC=C[N+]1(CC)CCO. The molecule has 1 heterocycles. The number of allylic oxidation sites excluding steroid dienone is 2. The monoisotopic (exact) mass is 393 g/mol. The number of hydrogen-bond donors (Lipinski definition) is 2. The second-order valence-electron chi connectivity index (χ2n) is 8.59. The van der Waals surface area contributed by atoms with Gasteiger partial charge in [-0.1, -0.05) is 83.3 Å². The minimum Gasteiger partial charge on any atom is -0.390 e. The predicted octanol–water partition coefficient (Wildman–Crippen LogP) is 6.64. The Hall–Kier alpha value is -0.800. The summed E-state index contributed by atoms with van der Waals surface area (Å²) in [6.45, 7) is 6.63. The number of hydrogen-bond acceptors (Lipinski definition) is 2. The largest absolute Gasteiger partial charge is 0.390 e. The van der Waals surface area contributed by atoms with Gasteiger partial charge in [0, 0.05) is 6.42 Å². The number of quaternary nitrogens is 1. The van der Waals surface area contributed by atoms with Gasteiger partial charge in [-0.15, -0.1) is 0 Å². The van der Waals surface area contributed by atoms with Crippen molar-refractivity contribution in [3.63, 3.8) is 0 Å². The highest BCUT2D eigenvalue weighted by Gasteiger charge is 2.35. The molecule has 0 aromatic carbocycles. The van der Waals surface area contributed by atoms with E-state index in [1.165, 1.54) is 96.3 Å². The molecule has 2 atom stereocenters. The van der Waals surface area contributed by atoms with Crippen LogP contribution in [0, 0.1) is 0 Å². The van der Waals surface area contributed by atoms with Gasteiger partial charge >= 0.3 is 0 Å². The molecule has 2 unspecified atom stereocenters. The fourth-order valence-corrected chi connectivity index (χ4v) is 4.39. The van der Waals surface area contributed by atoms with Gasteiger partial charge in [0.1, 0.15) is 12.7 Å². The maximum Gasteiger partial charge on any atom is 0.166 e. The van der Waals surface area contributed by atoms with Crippen molar-refractivity contribution in [2.24, 2.45) is 0 Å². The van der Waals surface area contributed by atoms with E-state index in [9.17, 15) is 5.11 Å². The summed E-state index contributed by atoms with van der Waals surface area (Å²) < 4.78 is 0.888. The van der Waals surface area contributed by atoms with Crippen molar-refractivity contribution in [3.05, 3.63) is 24.6 Å². The van der Waals surface area contributed by atoms with Gasteiger partial charge in [0.25, 0.3) is 0 Å². The Labute approximate surface area is 175 Å². The van der Waals surface area contributed by atoms with Crippen LogP contribution in [0.15, 0.2) is 24.6 Å². The van der Waals surface area contributed by atoms with Crippen LogP contribution in [0.4, 0.5) is 0 Å². The third kappa shape index (κ3) is 10.7. The zero-order valence-electron chi connectivity index (χ0n) is 19.0. The number of nitrogens with one attached hydrogen (secondary N) is 1. The lowest BCUT2D eigenvalue weighted by Gasteiger charge is -2.36. The molecule has 0 amide bonds. The van der Waals surface area contributed by atoms with Crippen molar-refractivity contribution in [2.75, 3.05) is 19.7 Å². The van der Waals surface area contributed by atoms with E-state index in [0.29, 0.717) is 6.17 Å². The zero-order valence-corrected chi connectivity index (χ0v) is 19.0. The van der Waals surface area contributed by atoms with E-state index < -0.39 is 0 Å². The van der Waals surface area contributed by atoms with Crippen molar-refractivity contribution in [1.82, 2.24) is 5.32 Å². The molecule has 3 heteroatoms. The maximum absolute atomic E-state index is 9.36. The normalized spacial score (nSPS) is 21.6. The lowest BCUT2D eigenvalue weighted by Crippen LogP contribution is -2.54. The van der Waals surface area contributed by atoms with Crippen LogP contribution < -0.4 is 5.32 Å². The van der Waals surface area contributed by atoms with Gasteiger partial charge < -0.3 is 10.4 Å². The Balaban J connectivity index is 1.91. The van der Waals surface area contributed by atoms with Crippen LogP contribution in [0.5, 0.6) is 0 Å². The molecular formula is C25H49N2O+. The fraction of sp³-hybridized carbons (Fsp3) is 0.840. The standard InChI is InChI=1S/C25H49N2O/c1-3-5-6-7-8-9-10-11-12-13-14-15-16-17-18-19-20-25-26-21-22-27(25,4-2)23-24-28/h16-17,21-22,25-26,28H,3-15,18-20,23-24H2,1-2H3/q+1/b17-16+. The molecule has 3 nitrogen and oxygen atoms in total. The first kappa shape index (κ1) is 25.2. The van der Waals surface area contributed by atoms with Crippen LogP contribution in [-0.4, -0.2) is 35.5 Å². The van der Waals surface area contributed by atoms with Gasteiger partial charge in [0.05, 0.1) is 19.4 Å². The fourth-order valence-electron chi connectivity index (χ4n) is 4.39. The van der Waals surface area contributed by atoms with Crippen LogP contribution in [-0.2, 0) is 0 Å². The van der Waals surface area contributed by atoms with Crippen molar-refractivity contribution >= 4 is 0 Å². The molecule has 0 aromatic rings. The number of aliphatic hydroxyl groups excluding tert-OH is 1. The average Bonchev–Trinajstić information content (AvgIpc) is 3.11. The van der Waals surface area contributed by atoms with Gasteiger partial charge in [0.2, 0.25) is 0 Å². The average molecular weight is 394 g/mol. The Bertz CT molecular complexity index is 407. The van der Waals surface area contributed by atoms with Crippen molar-refractivity contribution in [1.29, 1.82) is 0 Å². The molecule has 0 fully saturated rings. The van der Waals surface area contributed by atoms with Crippen LogP contribution in [0.1, 0.15) is 110 Å². The molecule has 0 saturated carbocycles. The lowest BCUT2D eigenvalue weighted by atomic mass is 10.1. The van der Waals surface area contributed by atoms with E-state index >= 15 is 0 Å². The van der Waals surface area contributed by atoms with Gasteiger partial charge in [0.15, 0.2) is 6.17 Å². The van der Waals surface area contributed by atoms with Crippen molar-refractivity contribution in [2.45, 2.75) is 116 Å². The molecule has 0 bridgehead atoms. The summed E-state index contributed by atoms with van der Waals surface area (Å²) in [5, 5.41) is 12.9. The van der Waals surface area contributed by atoms with Crippen LogP contribution in [0.2, 0.25) is 0 Å². The van der Waals surface area contributed by atoms with Gasteiger partial charge in [-0.3, -0.25) is 4.48 Å². The van der Waals surface area contributed by atoms with E-state index in [2.05, 4.69) is 43.7 Å². The first-order valence-electron chi connectivity index (χ1n) is 12.3. The van der Waals surface area contributed by atoms with E-state index in [0.717, 1.165) is 17.6 Å². The predicted molar refractivity (Wildman–Crippen MR) is 123 cm³/mol. The molecule has 1 rings (SSSR count). The summed E-state index contributed by atoms with van der Waals surface area (Å²) in [4.78, 5) is 0. The Morgan fingerprint density at radius 1 is 0.821 bits per heavy atom. The third-order valence-corrected chi connectivity index (χ3v) is 6.38. The summed E-state index contributed by atoms with van der Waals surface area (Å²) in [7, 11) is 0. The third-order valence-electron chi connectivity index (χ3n) is 6.38. The van der Waals surface area contributed by atoms with Gasteiger partial charge in [-0.25, -0.2) is 0 Å². The van der Waals surface area contributed by atoms with E-state index in [1.807, 2.05) is 0 Å². The van der Waals surface area contributed by atoms with E-state index in [1.54, 1.807) is 0 Å². The van der Waals surface area contributed by atoms with Crippen molar-refractivity contribution in [3.8, 4) is 0 Å². The highest BCUT2D eigenvalue weighted by Crippen LogP contribution is 2.22. The number of unbranched alkanes of at least 4 members (excludes halogenated alkanes) is 12. The number of nitrogens with zero attached hydrogens (tertiary/aromatic N) is 1. The number of likely N-dealkylation sites (N-methyl/N-ethyl adjacent to an activating group) is 1. The molecule has 1 aliphatic rings. The van der Waals surface area contributed by atoms with Crippen LogP contribution in [0.3, 0.4) is 0 Å². The number of rotatable bonds is 19. The van der Waals surface area contributed by atoms with Crippen LogP contribution in [0.25, 0.3) is 0 Å². The quantitative estimate of drug-likeness (QED) is 0.146. The first-order chi connectivity index (χ1) is 13.8. The van der Waals surface area contributed by atoms with Crippen LogP contribution >= 0.6 is 0 Å². The topological polar surface area (TPSA) is 32.3 Å². The molecule has 0 radical (unpaired) electrons. The van der Waals surface area contributed by atoms with Gasteiger partial charge in [-0.05, 0) is 32.6 Å². The van der Waals surface area contributed by atoms with Crippen molar-refractivity contribution < 1.29 is 9.59 Å². The minimum atomic E-state index is 0.259. The molecule has 0 aromatic heterocycles. The molecule has 0 spiro atoms. The Kier molecular flexibility index (Phi) is 15.4. The lowest BCUT2D eigenvalue weighted by molar-refractivity contribution is -0.900. The zero-order chi connectivity index (χ0) is 20.3. The van der Waals surface area contributed by atoms with Gasteiger partial charge in [-0.2, -0.15) is 0 Å². The Morgan fingerprint density at radius 3 is 1.96 bits per heavy atom. The summed E-state index contributed by atoms with van der Waals surface area (Å²) in [5.41, 5.74) is 0. The maximum atomic E-state index is 9.36. The molecule has 28 heavy (non-hydrogen) atoms. The Morgan fingerprint density at radius 2 is 1.39 bits per heavy atom. The summed E-state index contributed by atoms with van der Waals surface area (Å²) in [6.07, 6.45) is 30.0. The molecule has 0 aliphatic carbocycles. The molecule has 164 valence electrons. The molecule has 0 saturated heterocycles. The first-order valence-corrected chi connectivity index (χ1v) is 12.3. The highest BCUT2D eigenvalue weighted by molar-refractivity contribution is 4.86. The second kappa shape index (κ2) is 17.1. The summed E-state index contributed by atoms with van der Waals surface area (Å²) in [6, 6.07) is 0. The molecule has 1 aliphatic heterocycles. The smallest absolute Gasteiger partial charge is 0.166 e. The minimum absolute atomic E-state index is 0.259.